The molecule has 0 aliphatic rings. The average molecular weight is 452 g/mol. The van der Waals surface area contributed by atoms with Crippen LogP contribution < -0.4 is 16.4 Å². The van der Waals surface area contributed by atoms with Crippen LogP contribution in [-0.4, -0.2) is 33.6 Å². The number of carbonyl (C=O) groups excluding carboxylic acids is 1. The highest BCUT2D eigenvalue weighted by Gasteiger charge is 2.17. The fourth-order valence-electron chi connectivity index (χ4n) is 3.56. The second-order valence-electron chi connectivity index (χ2n) is 7.26. The van der Waals surface area contributed by atoms with Crippen LogP contribution in [0.15, 0.2) is 59.5 Å². The molecule has 0 aliphatic carbocycles. The maximum atomic E-state index is 13.2. The van der Waals surface area contributed by atoms with Gasteiger partial charge in [0.2, 0.25) is 0 Å². The number of aryl methyl sites for hydroxylation is 1. The van der Waals surface area contributed by atoms with Gasteiger partial charge in [0.15, 0.2) is 0 Å². The van der Waals surface area contributed by atoms with Crippen molar-refractivity contribution in [3.63, 3.8) is 0 Å². The smallest absolute Gasteiger partial charge is 0.267 e. The Morgan fingerprint density at radius 2 is 2.00 bits per heavy atom. The minimum atomic E-state index is -0.463. The molecule has 32 heavy (non-hydrogen) atoms. The number of ether oxygens (including phenoxy) is 1. The van der Waals surface area contributed by atoms with Crippen LogP contribution in [0.5, 0.6) is 0 Å². The average Bonchev–Trinajstić information content (AvgIpc) is 2.80. The highest BCUT2D eigenvalue weighted by Crippen LogP contribution is 2.15. The normalized spacial score (nSPS) is 11.2. The van der Waals surface area contributed by atoms with Gasteiger partial charge >= 0.3 is 0 Å². The van der Waals surface area contributed by atoms with Gasteiger partial charge in [-0.2, -0.15) is 0 Å². The Bertz CT molecular complexity index is 1430. The molecule has 4 aromatic rings. The fraction of sp³-hybridized carbons (Fsp3) is 0.217. The van der Waals surface area contributed by atoms with Crippen LogP contribution in [-0.2, 0) is 17.8 Å². The molecule has 0 radical (unpaired) electrons. The minimum absolute atomic E-state index is 0.0163. The van der Waals surface area contributed by atoms with Crippen LogP contribution in [0, 0.1) is 5.41 Å². The number of hydrogen-bond acceptors (Lipinski definition) is 5. The number of nitrogens with one attached hydrogen (secondary N) is 2. The molecule has 0 atom stereocenters. The summed E-state index contributed by atoms with van der Waals surface area (Å²) in [5.41, 5.74) is 1.38. The first kappa shape index (κ1) is 21.7. The molecule has 0 aliphatic heterocycles. The Labute approximate surface area is 188 Å². The SMILES string of the molecule is COCCCn1c(=N)c(C(=O)NCc2ccccc2Cl)cc2c(=O)n3ccccc3nc21. The Kier molecular flexibility index (Phi) is 6.34. The van der Waals surface area contributed by atoms with Crippen LogP contribution in [0.25, 0.3) is 16.7 Å². The summed E-state index contributed by atoms with van der Waals surface area (Å²) in [7, 11) is 1.60. The summed E-state index contributed by atoms with van der Waals surface area (Å²) in [6.07, 6.45) is 2.23. The molecule has 4 rings (SSSR count). The predicted octanol–water partition coefficient (Wildman–Crippen LogP) is 2.75. The zero-order valence-electron chi connectivity index (χ0n) is 17.5. The summed E-state index contributed by atoms with van der Waals surface area (Å²) in [5, 5.41) is 12.3. The topological polar surface area (TPSA) is 101 Å². The van der Waals surface area contributed by atoms with E-state index < -0.39 is 5.91 Å². The number of rotatable bonds is 7. The molecule has 1 amide bonds. The van der Waals surface area contributed by atoms with E-state index in [1.807, 2.05) is 18.2 Å². The molecule has 164 valence electrons. The molecule has 0 saturated carbocycles. The van der Waals surface area contributed by atoms with E-state index >= 15 is 0 Å². The minimum Gasteiger partial charge on any atom is -0.385 e. The second kappa shape index (κ2) is 9.33. The third-order valence-electron chi connectivity index (χ3n) is 5.19. The summed E-state index contributed by atoms with van der Waals surface area (Å²) in [5.74, 6) is -0.463. The van der Waals surface area contributed by atoms with Gasteiger partial charge in [-0.25, -0.2) is 4.98 Å². The van der Waals surface area contributed by atoms with Gasteiger partial charge in [0.1, 0.15) is 16.8 Å². The van der Waals surface area contributed by atoms with Gasteiger partial charge in [-0.3, -0.25) is 19.4 Å². The van der Waals surface area contributed by atoms with Crippen molar-refractivity contribution in [3.05, 3.63) is 86.7 Å². The second-order valence-corrected chi connectivity index (χ2v) is 7.67. The summed E-state index contributed by atoms with van der Waals surface area (Å²) in [6, 6.07) is 13.9. The maximum Gasteiger partial charge on any atom is 0.267 e. The van der Waals surface area contributed by atoms with Crippen molar-refractivity contribution in [1.82, 2.24) is 19.3 Å². The molecule has 0 unspecified atom stereocenters. The monoisotopic (exact) mass is 451 g/mol. The Morgan fingerprint density at radius 3 is 2.78 bits per heavy atom. The highest BCUT2D eigenvalue weighted by atomic mass is 35.5. The number of fused-ring (bicyclic) bond motifs is 2. The molecule has 8 nitrogen and oxygen atoms in total. The van der Waals surface area contributed by atoms with Crippen LogP contribution in [0.2, 0.25) is 5.02 Å². The zero-order chi connectivity index (χ0) is 22.7. The first-order valence-corrected chi connectivity index (χ1v) is 10.5. The van der Waals surface area contributed by atoms with Crippen molar-refractivity contribution in [2.24, 2.45) is 0 Å². The lowest BCUT2D eigenvalue weighted by Crippen LogP contribution is -2.35. The van der Waals surface area contributed by atoms with E-state index in [1.54, 1.807) is 42.1 Å². The van der Waals surface area contributed by atoms with Crippen LogP contribution in [0.3, 0.4) is 0 Å². The third kappa shape index (κ3) is 4.15. The van der Waals surface area contributed by atoms with Crippen molar-refractivity contribution in [2.75, 3.05) is 13.7 Å². The molecular formula is C23H22ClN5O3. The molecule has 0 saturated heterocycles. The summed E-state index contributed by atoms with van der Waals surface area (Å²) < 4.78 is 8.15. The van der Waals surface area contributed by atoms with Gasteiger partial charge in [0.05, 0.1) is 10.9 Å². The first-order chi connectivity index (χ1) is 15.5. The molecule has 3 heterocycles. The first-order valence-electron chi connectivity index (χ1n) is 10.1. The number of carbonyl (C=O) groups is 1. The number of halogens is 1. The molecule has 0 fully saturated rings. The van der Waals surface area contributed by atoms with E-state index in [-0.39, 0.29) is 28.5 Å². The Hall–Kier alpha value is -3.49. The van der Waals surface area contributed by atoms with Gasteiger partial charge in [0, 0.05) is 38.0 Å². The lowest BCUT2D eigenvalue weighted by Gasteiger charge is -2.15. The van der Waals surface area contributed by atoms with Gasteiger partial charge in [0.25, 0.3) is 11.5 Å². The van der Waals surface area contributed by atoms with Crippen molar-refractivity contribution < 1.29 is 9.53 Å². The predicted molar refractivity (Wildman–Crippen MR) is 122 cm³/mol. The molecule has 9 heteroatoms. The van der Waals surface area contributed by atoms with E-state index in [4.69, 9.17) is 21.7 Å². The molecule has 0 bridgehead atoms. The molecule has 0 spiro atoms. The number of aromatic nitrogens is 3. The molecule has 2 N–H and O–H groups in total. The van der Waals surface area contributed by atoms with E-state index in [1.165, 1.54) is 10.5 Å². The van der Waals surface area contributed by atoms with E-state index in [2.05, 4.69) is 10.3 Å². The summed E-state index contributed by atoms with van der Waals surface area (Å²) >= 11 is 6.18. The number of amides is 1. The van der Waals surface area contributed by atoms with E-state index in [0.717, 1.165) is 5.56 Å². The number of methoxy groups -OCH3 is 1. The van der Waals surface area contributed by atoms with Gasteiger partial charge in [-0.15, -0.1) is 0 Å². The van der Waals surface area contributed by atoms with Gasteiger partial charge < -0.3 is 14.6 Å². The van der Waals surface area contributed by atoms with Crippen molar-refractivity contribution in [2.45, 2.75) is 19.5 Å². The quantitative estimate of drug-likeness (QED) is 0.333. The van der Waals surface area contributed by atoms with E-state index in [9.17, 15) is 9.59 Å². The standard InChI is InChI=1S/C23H22ClN5O3/c1-32-12-6-11-29-20(25)16(22(30)26-14-15-7-2-3-8-18(15)24)13-17-21(29)27-19-9-4-5-10-28(19)23(17)31/h2-5,7-10,13,25H,6,11-12,14H2,1H3,(H,26,30). The highest BCUT2D eigenvalue weighted by molar-refractivity contribution is 6.31. The largest absolute Gasteiger partial charge is 0.385 e. The zero-order valence-corrected chi connectivity index (χ0v) is 18.2. The summed E-state index contributed by atoms with van der Waals surface area (Å²) in [4.78, 5) is 30.8. The molecule has 1 aromatic carbocycles. The number of nitrogens with zero attached hydrogens (tertiary/aromatic N) is 3. The van der Waals surface area contributed by atoms with Gasteiger partial charge in [-0.1, -0.05) is 35.9 Å². The summed E-state index contributed by atoms with van der Waals surface area (Å²) in [6.45, 7) is 1.06. The third-order valence-corrected chi connectivity index (χ3v) is 5.56. The van der Waals surface area contributed by atoms with E-state index in [0.29, 0.717) is 35.9 Å². The molecule has 3 aromatic heterocycles. The van der Waals surface area contributed by atoms with Crippen molar-refractivity contribution in [1.29, 1.82) is 5.41 Å². The van der Waals surface area contributed by atoms with Crippen LogP contribution in [0.1, 0.15) is 22.3 Å². The number of pyridine rings is 2. The lowest BCUT2D eigenvalue weighted by atomic mass is 10.1. The Balaban J connectivity index is 1.82. The lowest BCUT2D eigenvalue weighted by molar-refractivity contribution is 0.0948. The number of hydrogen-bond donors (Lipinski definition) is 2. The fourth-order valence-corrected chi connectivity index (χ4v) is 3.76. The van der Waals surface area contributed by atoms with Gasteiger partial charge in [-0.05, 0) is 36.2 Å². The number of benzene rings is 1. The Morgan fingerprint density at radius 1 is 1.22 bits per heavy atom. The van der Waals surface area contributed by atoms with Crippen molar-refractivity contribution in [3.8, 4) is 0 Å². The molecular weight excluding hydrogens is 430 g/mol. The maximum absolute atomic E-state index is 13.2. The van der Waals surface area contributed by atoms with Crippen molar-refractivity contribution >= 4 is 34.2 Å². The van der Waals surface area contributed by atoms with Crippen LogP contribution >= 0.6 is 11.6 Å². The van der Waals surface area contributed by atoms with Crippen LogP contribution in [0.4, 0.5) is 0 Å².